The number of nitrogens with zero attached hydrogens (tertiary/aromatic N) is 1. The van der Waals surface area contributed by atoms with Gasteiger partial charge in [-0.3, -0.25) is 0 Å². The van der Waals surface area contributed by atoms with Gasteiger partial charge in [-0.1, -0.05) is 18.2 Å². The Morgan fingerprint density at radius 3 is 2.87 bits per heavy atom. The normalized spacial score (nSPS) is 21.0. The van der Waals surface area contributed by atoms with Crippen LogP contribution in [-0.2, 0) is 14.2 Å². The minimum atomic E-state index is -0.687. The van der Waals surface area contributed by atoms with Gasteiger partial charge < -0.3 is 14.2 Å². The molecule has 0 aromatic rings. The molecule has 2 amide bonds. The fourth-order valence-corrected chi connectivity index (χ4v) is 2.19. The molecular formula is C16H24N2O5. The number of allylic oxidation sites excluding steroid dienone is 2. The van der Waals surface area contributed by atoms with Crippen molar-refractivity contribution in [3.05, 3.63) is 23.8 Å². The number of ether oxygens (including phenoxy) is 3. The number of rotatable bonds is 5. The minimum Gasteiger partial charge on any atom is -0.443 e. The molecule has 1 saturated heterocycles. The first-order valence-corrected chi connectivity index (χ1v) is 7.74. The maximum atomic E-state index is 11.7. The Morgan fingerprint density at radius 2 is 2.22 bits per heavy atom. The highest BCUT2D eigenvalue weighted by Crippen LogP contribution is 2.13. The van der Waals surface area contributed by atoms with Gasteiger partial charge in [-0.05, 0) is 39.2 Å². The lowest BCUT2D eigenvalue weighted by Gasteiger charge is -2.22. The molecule has 0 aromatic heterocycles. The number of amides is 2. The van der Waals surface area contributed by atoms with Crippen LogP contribution in [0.2, 0.25) is 0 Å². The lowest BCUT2D eigenvalue weighted by molar-refractivity contribution is 0.0389. The number of nitrogens with one attached hydrogen (secondary N) is 1. The van der Waals surface area contributed by atoms with Crippen LogP contribution in [0, 0.1) is 0 Å². The molecule has 7 heteroatoms. The number of carbonyl (C=O) groups excluding carboxylic acids is 2. The summed E-state index contributed by atoms with van der Waals surface area (Å²) in [4.78, 5) is 23.4. The predicted octanol–water partition coefficient (Wildman–Crippen LogP) is 2.54. The molecule has 1 atom stereocenters. The van der Waals surface area contributed by atoms with E-state index >= 15 is 0 Å². The Labute approximate surface area is 136 Å². The maximum absolute atomic E-state index is 11.7. The standard InChI is InChI=1S/C16H24N2O5/c1-16(2,3)23-14(19)17-18-9-13(22-15(18)20)11-21-10-12-7-5-4-6-8-12/h5,7-8,13H,4,6,9-11H2,1-3H3,(H,17,19)/t13-/m1/s1. The molecule has 2 aliphatic rings. The van der Waals surface area contributed by atoms with Crippen LogP contribution in [0.3, 0.4) is 0 Å². The smallest absolute Gasteiger partial charge is 0.429 e. The van der Waals surface area contributed by atoms with Gasteiger partial charge in [-0.15, -0.1) is 0 Å². The van der Waals surface area contributed by atoms with Crippen molar-refractivity contribution in [2.75, 3.05) is 19.8 Å². The van der Waals surface area contributed by atoms with Gasteiger partial charge in [0.15, 0.2) is 0 Å². The summed E-state index contributed by atoms with van der Waals surface area (Å²) in [6, 6.07) is 0. The number of cyclic esters (lactones) is 1. The lowest BCUT2D eigenvalue weighted by atomic mass is 10.1. The van der Waals surface area contributed by atoms with Gasteiger partial charge in [0.05, 0.1) is 19.8 Å². The average molecular weight is 324 g/mol. The molecule has 1 fully saturated rings. The fraction of sp³-hybridized carbons (Fsp3) is 0.625. The molecular weight excluding hydrogens is 300 g/mol. The molecule has 0 radical (unpaired) electrons. The number of hydrazine groups is 1. The van der Waals surface area contributed by atoms with Crippen molar-refractivity contribution in [1.29, 1.82) is 0 Å². The number of hydrogen-bond acceptors (Lipinski definition) is 5. The summed E-state index contributed by atoms with van der Waals surface area (Å²) in [5.74, 6) is 0. The first-order chi connectivity index (χ1) is 10.8. The summed E-state index contributed by atoms with van der Waals surface area (Å²) in [5, 5.41) is 1.10. The van der Waals surface area contributed by atoms with Gasteiger partial charge in [-0.25, -0.2) is 20.0 Å². The molecule has 7 nitrogen and oxygen atoms in total. The molecule has 128 valence electrons. The largest absolute Gasteiger partial charge is 0.443 e. The van der Waals surface area contributed by atoms with E-state index in [0.29, 0.717) is 6.61 Å². The van der Waals surface area contributed by atoms with E-state index in [4.69, 9.17) is 14.2 Å². The average Bonchev–Trinajstić information content (AvgIpc) is 2.78. The second-order valence-electron chi connectivity index (χ2n) is 6.50. The highest BCUT2D eigenvalue weighted by atomic mass is 16.6. The van der Waals surface area contributed by atoms with Crippen LogP contribution in [0.15, 0.2) is 23.8 Å². The van der Waals surface area contributed by atoms with Crippen LogP contribution < -0.4 is 5.43 Å². The van der Waals surface area contributed by atoms with Crippen molar-refractivity contribution in [3.63, 3.8) is 0 Å². The number of hydrogen-bond donors (Lipinski definition) is 1. The van der Waals surface area contributed by atoms with E-state index in [1.807, 2.05) is 6.08 Å². The minimum absolute atomic E-state index is 0.229. The third-order valence-corrected chi connectivity index (χ3v) is 3.14. The summed E-state index contributed by atoms with van der Waals surface area (Å²) in [5.41, 5.74) is 2.88. The fourth-order valence-electron chi connectivity index (χ4n) is 2.19. The molecule has 1 aliphatic heterocycles. The van der Waals surface area contributed by atoms with E-state index in [0.717, 1.165) is 23.4 Å². The van der Waals surface area contributed by atoms with Crippen LogP contribution in [-0.4, -0.2) is 48.7 Å². The van der Waals surface area contributed by atoms with Crippen molar-refractivity contribution < 1.29 is 23.8 Å². The highest BCUT2D eigenvalue weighted by Gasteiger charge is 2.33. The first kappa shape index (κ1) is 17.3. The lowest BCUT2D eigenvalue weighted by Crippen LogP contribution is -2.45. The Bertz CT molecular complexity index is 507. The Morgan fingerprint density at radius 1 is 1.43 bits per heavy atom. The predicted molar refractivity (Wildman–Crippen MR) is 83.6 cm³/mol. The third-order valence-electron chi connectivity index (χ3n) is 3.14. The van der Waals surface area contributed by atoms with Crippen LogP contribution in [0.25, 0.3) is 0 Å². The topological polar surface area (TPSA) is 77.1 Å². The molecule has 1 N–H and O–H groups in total. The SMILES string of the molecule is CC(C)(C)OC(=O)NN1C[C@H](COCC2=CCCC=C2)OC1=O. The molecule has 0 bridgehead atoms. The third kappa shape index (κ3) is 5.94. The summed E-state index contributed by atoms with van der Waals surface area (Å²) >= 11 is 0. The van der Waals surface area contributed by atoms with E-state index < -0.39 is 23.9 Å². The molecule has 0 unspecified atom stereocenters. The summed E-state index contributed by atoms with van der Waals surface area (Å²) in [6.07, 6.45) is 6.68. The second kappa shape index (κ2) is 7.50. The zero-order valence-electron chi connectivity index (χ0n) is 13.8. The van der Waals surface area contributed by atoms with Gasteiger partial charge in [-0.2, -0.15) is 0 Å². The second-order valence-corrected chi connectivity index (χ2v) is 6.50. The zero-order valence-corrected chi connectivity index (χ0v) is 13.8. The molecule has 1 aliphatic carbocycles. The van der Waals surface area contributed by atoms with Crippen LogP contribution >= 0.6 is 0 Å². The van der Waals surface area contributed by atoms with Gasteiger partial charge in [0.2, 0.25) is 0 Å². The zero-order chi connectivity index (χ0) is 16.9. The van der Waals surface area contributed by atoms with Crippen molar-refractivity contribution in [3.8, 4) is 0 Å². The van der Waals surface area contributed by atoms with Crippen molar-refractivity contribution in [1.82, 2.24) is 10.4 Å². The van der Waals surface area contributed by atoms with Crippen molar-refractivity contribution in [2.24, 2.45) is 0 Å². The van der Waals surface area contributed by atoms with Gasteiger partial charge >= 0.3 is 12.2 Å². The van der Waals surface area contributed by atoms with Crippen LogP contribution in [0.4, 0.5) is 9.59 Å². The summed E-state index contributed by atoms with van der Waals surface area (Å²) in [7, 11) is 0. The monoisotopic (exact) mass is 324 g/mol. The van der Waals surface area contributed by atoms with Crippen molar-refractivity contribution >= 4 is 12.2 Å². The Hall–Kier alpha value is -2.02. The molecule has 2 rings (SSSR count). The quantitative estimate of drug-likeness (QED) is 0.841. The summed E-state index contributed by atoms with van der Waals surface area (Å²) in [6.45, 7) is 6.25. The van der Waals surface area contributed by atoms with E-state index in [9.17, 15) is 9.59 Å². The Balaban J connectivity index is 1.71. The van der Waals surface area contributed by atoms with Gasteiger partial charge in [0.25, 0.3) is 0 Å². The summed E-state index contributed by atoms with van der Waals surface area (Å²) < 4.78 is 15.8. The van der Waals surface area contributed by atoms with Crippen LogP contribution in [0.5, 0.6) is 0 Å². The highest BCUT2D eigenvalue weighted by molar-refractivity contribution is 5.75. The molecule has 0 saturated carbocycles. The van der Waals surface area contributed by atoms with E-state index in [1.165, 1.54) is 0 Å². The van der Waals surface area contributed by atoms with E-state index in [1.54, 1.807) is 20.8 Å². The molecule has 0 spiro atoms. The number of carbonyl (C=O) groups is 2. The van der Waals surface area contributed by atoms with Crippen LogP contribution in [0.1, 0.15) is 33.6 Å². The Kier molecular flexibility index (Phi) is 5.65. The molecule has 0 aromatic carbocycles. The molecule has 23 heavy (non-hydrogen) atoms. The van der Waals surface area contributed by atoms with Crippen molar-refractivity contribution in [2.45, 2.75) is 45.3 Å². The van der Waals surface area contributed by atoms with E-state index in [2.05, 4.69) is 17.6 Å². The molecule has 1 heterocycles. The van der Waals surface area contributed by atoms with E-state index in [-0.39, 0.29) is 13.2 Å². The van der Waals surface area contributed by atoms with Gasteiger partial charge in [0.1, 0.15) is 11.7 Å². The first-order valence-electron chi connectivity index (χ1n) is 7.74. The maximum Gasteiger partial charge on any atom is 0.429 e. The van der Waals surface area contributed by atoms with Gasteiger partial charge in [0, 0.05) is 0 Å².